The van der Waals surface area contributed by atoms with Crippen LogP contribution >= 0.6 is 15.9 Å². The third kappa shape index (κ3) is 4.20. The Morgan fingerprint density at radius 2 is 2.37 bits per heavy atom. The van der Waals surface area contributed by atoms with E-state index in [9.17, 15) is 0 Å². The maximum Gasteiger partial charge on any atom is 0.136 e. The molecule has 0 bridgehead atoms. The topological polar surface area (TPSA) is 44.5 Å². The normalized spacial score (nSPS) is 20.5. The number of hydrogen-bond donors (Lipinski definition) is 1. The third-order valence-corrected chi connectivity index (χ3v) is 4.17. The van der Waals surface area contributed by atoms with Gasteiger partial charge in [0.1, 0.15) is 5.75 Å². The number of nitrogens with two attached hydrogens (primary N) is 1. The first-order chi connectivity index (χ1) is 9.20. The predicted molar refractivity (Wildman–Crippen MR) is 80.5 cm³/mol. The summed E-state index contributed by atoms with van der Waals surface area (Å²) in [6, 6.07) is 6.33. The molecule has 2 N–H and O–H groups in total. The van der Waals surface area contributed by atoms with Gasteiger partial charge in [0, 0.05) is 18.6 Å². The third-order valence-electron chi connectivity index (χ3n) is 3.54. The van der Waals surface area contributed by atoms with Crippen molar-refractivity contribution in [2.45, 2.75) is 32.2 Å². The molecular formula is C15H22BrNO2. The van der Waals surface area contributed by atoms with Crippen molar-refractivity contribution in [1.82, 2.24) is 0 Å². The highest BCUT2D eigenvalue weighted by atomic mass is 79.9. The lowest BCUT2D eigenvalue weighted by Gasteiger charge is -2.17. The summed E-state index contributed by atoms with van der Waals surface area (Å²) >= 11 is 3.57. The average molecular weight is 328 g/mol. The summed E-state index contributed by atoms with van der Waals surface area (Å²) < 4.78 is 12.4. The van der Waals surface area contributed by atoms with Crippen LogP contribution in [0.3, 0.4) is 0 Å². The van der Waals surface area contributed by atoms with Gasteiger partial charge in [0.15, 0.2) is 0 Å². The van der Waals surface area contributed by atoms with Gasteiger partial charge in [-0.1, -0.05) is 19.1 Å². The largest absolute Gasteiger partial charge is 0.492 e. The number of para-hydroxylation sites is 1. The van der Waals surface area contributed by atoms with E-state index in [0.717, 1.165) is 49.3 Å². The van der Waals surface area contributed by atoms with E-state index in [1.165, 1.54) is 5.56 Å². The van der Waals surface area contributed by atoms with Crippen LogP contribution in [-0.2, 0) is 11.2 Å². The van der Waals surface area contributed by atoms with Gasteiger partial charge in [0.05, 0.1) is 17.7 Å². The van der Waals surface area contributed by atoms with E-state index >= 15 is 0 Å². The summed E-state index contributed by atoms with van der Waals surface area (Å²) in [5, 5.41) is 0. The van der Waals surface area contributed by atoms with Crippen molar-refractivity contribution in [1.29, 1.82) is 0 Å². The molecule has 2 unspecified atom stereocenters. The molecule has 1 aromatic carbocycles. The van der Waals surface area contributed by atoms with Crippen LogP contribution in [0.1, 0.15) is 25.3 Å². The number of benzene rings is 1. The van der Waals surface area contributed by atoms with Gasteiger partial charge in [-0.05, 0) is 46.8 Å². The Balaban J connectivity index is 2.03. The minimum absolute atomic E-state index is 0.187. The van der Waals surface area contributed by atoms with Crippen molar-refractivity contribution in [3.63, 3.8) is 0 Å². The highest BCUT2D eigenvalue weighted by Gasteiger charge is 2.18. The van der Waals surface area contributed by atoms with E-state index in [4.69, 9.17) is 15.2 Å². The Labute approximate surface area is 123 Å². The standard InChI is InChI=1S/C15H22BrNO2/c1-2-13(17)8-12-4-3-5-14(16)15(12)19-10-11-6-7-18-9-11/h3-5,11,13H,2,6-10,17H2,1H3. The quantitative estimate of drug-likeness (QED) is 0.872. The average Bonchev–Trinajstić information content (AvgIpc) is 2.91. The van der Waals surface area contributed by atoms with E-state index in [2.05, 4.69) is 28.9 Å². The second kappa shape index (κ2) is 7.27. The molecule has 106 valence electrons. The number of hydrogen-bond acceptors (Lipinski definition) is 3. The SMILES string of the molecule is CCC(N)Cc1cccc(Br)c1OCC1CCOC1. The van der Waals surface area contributed by atoms with Crippen LogP contribution in [0.15, 0.2) is 22.7 Å². The zero-order chi connectivity index (χ0) is 13.7. The van der Waals surface area contributed by atoms with Gasteiger partial charge in [0.2, 0.25) is 0 Å². The van der Waals surface area contributed by atoms with Crippen LogP contribution < -0.4 is 10.5 Å². The smallest absolute Gasteiger partial charge is 0.136 e. The van der Waals surface area contributed by atoms with Crippen molar-refractivity contribution in [2.24, 2.45) is 11.7 Å². The molecule has 0 saturated carbocycles. The summed E-state index contributed by atoms with van der Waals surface area (Å²) in [7, 11) is 0. The molecule has 2 rings (SSSR count). The number of ether oxygens (including phenoxy) is 2. The van der Waals surface area contributed by atoms with Crippen LogP contribution in [-0.4, -0.2) is 25.9 Å². The Morgan fingerprint density at radius 1 is 1.53 bits per heavy atom. The van der Waals surface area contributed by atoms with Gasteiger partial charge in [-0.25, -0.2) is 0 Å². The maximum absolute atomic E-state index is 6.05. The molecule has 1 aromatic rings. The van der Waals surface area contributed by atoms with E-state index in [-0.39, 0.29) is 6.04 Å². The second-order valence-electron chi connectivity index (χ2n) is 5.14. The van der Waals surface area contributed by atoms with Crippen molar-refractivity contribution in [3.8, 4) is 5.75 Å². The molecule has 1 heterocycles. The monoisotopic (exact) mass is 327 g/mol. The molecule has 3 nitrogen and oxygen atoms in total. The van der Waals surface area contributed by atoms with Crippen molar-refractivity contribution >= 4 is 15.9 Å². The summed E-state index contributed by atoms with van der Waals surface area (Å²) in [6.07, 6.45) is 2.92. The van der Waals surface area contributed by atoms with Crippen molar-refractivity contribution < 1.29 is 9.47 Å². The summed E-state index contributed by atoms with van der Waals surface area (Å²) in [6.45, 7) is 4.50. The Hall–Kier alpha value is -0.580. The summed E-state index contributed by atoms with van der Waals surface area (Å²) in [4.78, 5) is 0. The maximum atomic E-state index is 6.05. The number of rotatable bonds is 6. The van der Waals surface area contributed by atoms with Gasteiger partial charge >= 0.3 is 0 Å². The summed E-state index contributed by atoms with van der Waals surface area (Å²) in [5.74, 6) is 1.46. The highest BCUT2D eigenvalue weighted by molar-refractivity contribution is 9.10. The zero-order valence-corrected chi connectivity index (χ0v) is 13.0. The molecule has 4 heteroatoms. The van der Waals surface area contributed by atoms with E-state index in [1.54, 1.807) is 0 Å². The first-order valence-electron chi connectivity index (χ1n) is 6.94. The fourth-order valence-corrected chi connectivity index (χ4v) is 2.74. The van der Waals surface area contributed by atoms with Gasteiger partial charge in [-0.3, -0.25) is 0 Å². The van der Waals surface area contributed by atoms with Crippen LogP contribution in [0.2, 0.25) is 0 Å². The molecule has 2 atom stereocenters. The van der Waals surface area contributed by atoms with Gasteiger partial charge in [-0.2, -0.15) is 0 Å². The molecule has 0 radical (unpaired) electrons. The molecule has 1 fully saturated rings. The number of halogens is 1. The van der Waals surface area contributed by atoms with Crippen molar-refractivity contribution in [3.05, 3.63) is 28.2 Å². The lowest BCUT2D eigenvalue weighted by atomic mass is 10.0. The minimum Gasteiger partial charge on any atom is -0.492 e. The van der Waals surface area contributed by atoms with Gasteiger partial charge in [0.25, 0.3) is 0 Å². The van der Waals surface area contributed by atoms with Crippen LogP contribution in [0.5, 0.6) is 5.75 Å². The molecule has 1 aliphatic heterocycles. The van der Waals surface area contributed by atoms with Crippen LogP contribution in [0.25, 0.3) is 0 Å². The van der Waals surface area contributed by atoms with E-state index in [0.29, 0.717) is 5.92 Å². The van der Waals surface area contributed by atoms with E-state index in [1.807, 2.05) is 12.1 Å². The Bertz CT molecular complexity index is 405. The van der Waals surface area contributed by atoms with Gasteiger partial charge in [-0.15, -0.1) is 0 Å². The zero-order valence-electron chi connectivity index (χ0n) is 11.4. The van der Waals surface area contributed by atoms with E-state index < -0.39 is 0 Å². The fraction of sp³-hybridized carbons (Fsp3) is 0.600. The predicted octanol–water partition coefficient (Wildman–Crippen LogP) is 3.14. The molecule has 0 aromatic heterocycles. The molecule has 0 aliphatic carbocycles. The Morgan fingerprint density at radius 3 is 3.05 bits per heavy atom. The Kier molecular flexibility index (Phi) is 5.67. The van der Waals surface area contributed by atoms with Crippen LogP contribution in [0, 0.1) is 5.92 Å². The van der Waals surface area contributed by atoms with Crippen LogP contribution in [0.4, 0.5) is 0 Å². The minimum atomic E-state index is 0.187. The van der Waals surface area contributed by atoms with Crippen molar-refractivity contribution in [2.75, 3.05) is 19.8 Å². The lowest BCUT2D eigenvalue weighted by Crippen LogP contribution is -2.22. The molecule has 19 heavy (non-hydrogen) atoms. The fourth-order valence-electron chi connectivity index (χ4n) is 2.22. The molecule has 1 saturated heterocycles. The van der Waals surface area contributed by atoms with Gasteiger partial charge < -0.3 is 15.2 Å². The lowest BCUT2D eigenvalue weighted by molar-refractivity contribution is 0.166. The molecule has 0 amide bonds. The molecule has 0 spiro atoms. The second-order valence-corrected chi connectivity index (χ2v) is 6.00. The molecule has 1 aliphatic rings. The molecular weight excluding hydrogens is 306 g/mol. The first kappa shape index (κ1) is 14.8. The highest BCUT2D eigenvalue weighted by Crippen LogP contribution is 2.31. The summed E-state index contributed by atoms with van der Waals surface area (Å²) in [5.41, 5.74) is 7.23. The first-order valence-corrected chi connectivity index (χ1v) is 7.73.